The van der Waals surface area contributed by atoms with Crippen molar-refractivity contribution < 1.29 is 15.4 Å². The zero-order valence-corrected chi connectivity index (χ0v) is 9.55. The van der Waals surface area contributed by atoms with Crippen molar-refractivity contribution >= 4 is 17.0 Å². The second kappa shape index (κ2) is 4.84. The molecular formula is C11H10N2O3S. The normalized spacial score (nSPS) is 11.6. The Bertz CT molecular complexity index is 538. The molecule has 0 fully saturated rings. The summed E-state index contributed by atoms with van der Waals surface area (Å²) in [6.45, 7) is 0. The van der Waals surface area contributed by atoms with Crippen molar-refractivity contribution in [1.29, 1.82) is 0 Å². The minimum Gasteiger partial charge on any atom is -0.508 e. The lowest BCUT2D eigenvalue weighted by atomic mass is 10.0. The molecule has 17 heavy (non-hydrogen) atoms. The molecule has 0 aliphatic heterocycles. The fourth-order valence-corrected chi connectivity index (χ4v) is 2.00. The molecule has 0 amide bonds. The van der Waals surface area contributed by atoms with E-state index < -0.39 is 0 Å². The van der Waals surface area contributed by atoms with Gasteiger partial charge in [-0.3, -0.25) is 0 Å². The maximum Gasteiger partial charge on any atom is 0.128 e. The maximum absolute atomic E-state index is 9.65. The lowest BCUT2D eigenvalue weighted by Gasteiger charge is -2.05. The monoisotopic (exact) mass is 250 g/mol. The predicted molar refractivity (Wildman–Crippen MR) is 63.9 cm³/mol. The zero-order valence-electron chi connectivity index (χ0n) is 8.74. The van der Waals surface area contributed by atoms with Crippen LogP contribution in [0.4, 0.5) is 0 Å². The number of nitrogens with zero attached hydrogens (tertiary/aromatic N) is 2. The van der Waals surface area contributed by atoms with E-state index in [0.717, 1.165) is 5.69 Å². The number of aromatic nitrogens is 1. The Kier molecular flexibility index (Phi) is 3.24. The van der Waals surface area contributed by atoms with E-state index in [2.05, 4.69) is 10.1 Å². The molecule has 1 heterocycles. The largest absolute Gasteiger partial charge is 0.508 e. The summed E-state index contributed by atoms with van der Waals surface area (Å²) in [6.07, 6.45) is 0.318. The molecule has 0 spiro atoms. The molecular weight excluding hydrogens is 240 g/mol. The summed E-state index contributed by atoms with van der Waals surface area (Å²) in [5, 5.41) is 32.8. The Morgan fingerprint density at radius 3 is 2.76 bits per heavy atom. The highest BCUT2D eigenvalue weighted by Crippen LogP contribution is 2.24. The Hall–Kier alpha value is -2.08. The standard InChI is InChI=1S/C11H10N2O3S/c14-8-1-2-9(11(15)4-8)10(13-16)3-7-5-17-6-12-7/h1-2,4-6,14-16H,3H2/b13-10+. The van der Waals surface area contributed by atoms with Crippen LogP contribution in [0.15, 0.2) is 34.2 Å². The number of rotatable bonds is 3. The number of hydrogen-bond acceptors (Lipinski definition) is 6. The van der Waals surface area contributed by atoms with Crippen molar-refractivity contribution in [2.45, 2.75) is 6.42 Å². The van der Waals surface area contributed by atoms with Crippen molar-refractivity contribution in [3.8, 4) is 11.5 Å². The second-order valence-electron chi connectivity index (χ2n) is 3.40. The highest BCUT2D eigenvalue weighted by Gasteiger charge is 2.12. The van der Waals surface area contributed by atoms with Crippen LogP contribution < -0.4 is 0 Å². The Labute approximate surface area is 101 Å². The topological polar surface area (TPSA) is 85.9 Å². The van der Waals surface area contributed by atoms with Gasteiger partial charge in [-0.15, -0.1) is 11.3 Å². The molecule has 88 valence electrons. The van der Waals surface area contributed by atoms with Gasteiger partial charge in [0.2, 0.25) is 0 Å². The molecule has 0 bridgehead atoms. The summed E-state index contributed by atoms with van der Waals surface area (Å²) in [7, 11) is 0. The van der Waals surface area contributed by atoms with Gasteiger partial charge < -0.3 is 15.4 Å². The van der Waals surface area contributed by atoms with Crippen molar-refractivity contribution in [1.82, 2.24) is 4.98 Å². The van der Waals surface area contributed by atoms with Gasteiger partial charge >= 0.3 is 0 Å². The lowest BCUT2D eigenvalue weighted by molar-refractivity contribution is 0.318. The number of oxime groups is 1. The summed E-state index contributed by atoms with van der Waals surface area (Å²) in [5.41, 5.74) is 3.11. The molecule has 1 aromatic carbocycles. The third-order valence-electron chi connectivity index (χ3n) is 2.24. The van der Waals surface area contributed by atoms with E-state index in [9.17, 15) is 10.2 Å². The number of aromatic hydroxyl groups is 2. The van der Waals surface area contributed by atoms with Crippen LogP contribution >= 0.6 is 11.3 Å². The van der Waals surface area contributed by atoms with Crippen LogP contribution in [0.3, 0.4) is 0 Å². The summed E-state index contributed by atoms with van der Waals surface area (Å²) in [6, 6.07) is 4.11. The number of phenols is 2. The first-order valence-corrected chi connectivity index (χ1v) is 5.75. The first kappa shape index (κ1) is 11.4. The van der Waals surface area contributed by atoms with E-state index in [1.165, 1.54) is 29.5 Å². The summed E-state index contributed by atoms with van der Waals surface area (Å²) in [4.78, 5) is 4.07. The Morgan fingerprint density at radius 1 is 1.35 bits per heavy atom. The van der Waals surface area contributed by atoms with E-state index in [1.807, 2.05) is 5.38 Å². The van der Waals surface area contributed by atoms with Crippen LogP contribution in [0.25, 0.3) is 0 Å². The van der Waals surface area contributed by atoms with E-state index in [1.54, 1.807) is 5.51 Å². The van der Waals surface area contributed by atoms with Crippen LogP contribution in [0.5, 0.6) is 11.5 Å². The number of thiazole rings is 1. The highest BCUT2D eigenvalue weighted by molar-refractivity contribution is 7.07. The lowest BCUT2D eigenvalue weighted by Crippen LogP contribution is -2.06. The molecule has 0 atom stereocenters. The Balaban J connectivity index is 2.30. The minimum atomic E-state index is -0.131. The smallest absolute Gasteiger partial charge is 0.128 e. The third-order valence-corrected chi connectivity index (χ3v) is 2.88. The zero-order chi connectivity index (χ0) is 12.3. The third kappa shape index (κ3) is 2.54. The van der Waals surface area contributed by atoms with Crippen LogP contribution in [0.2, 0.25) is 0 Å². The second-order valence-corrected chi connectivity index (χ2v) is 4.12. The number of benzene rings is 1. The van der Waals surface area contributed by atoms with E-state index in [4.69, 9.17) is 5.21 Å². The van der Waals surface area contributed by atoms with Gasteiger partial charge in [-0.25, -0.2) is 4.98 Å². The molecule has 3 N–H and O–H groups in total. The van der Waals surface area contributed by atoms with Gasteiger partial charge in [0.05, 0.1) is 16.9 Å². The quantitative estimate of drug-likeness (QED) is 0.441. The maximum atomic E-state index is 9.65. The first-order valence-electron chi connectivity index (χ1n) is 4.81. The fourth-order valence-electron chi connectivity index (χ4n) is 1.44. The van der Waals surface area contributed by atoms with Gasteiger partial charge in [-0.1, -0.05) is 5.16 Å². The van der Waals surface area contributed by atoms with Gasteiger partial charge in [0.25, 0.3) is 0 Å². The average molecular weight is 250 g/mol. The van der Waals surface area contributed by atoms with Crippen LogP contribution in [0.1, 0.15) is 11.3 Å². The van der Waals surface area contributed by atoms with Gasteiger partial charge in [0.15, 0.2) is 0 Å². The van der Waals surface area contributed by atoms with Gasteiger partial charge in [-0.2, -0.15) is 0 Å². The molecule has 5 nitrogen and oxygen atoms in total. The number of hydrogen-bond donors (Lipinski definition) is 3. The molecule has 0 saturated carbocycles. The summed E-state index contributed by atoms with van der Waals surface area (Å²) >= 11 is 1.44. The van der Waals surface area contributed by atoms with Crippen molar-refractivity contribution in [2.24, 2.45) is 5.16 Å². The van der Waals surface area contributed by atoms with Crippen molar-refractivity contribution in [3.63, 3.8) is 0 Å². The molecule has 0 saturated heterocycles. The molecule has 1 aromatic heterocycles. The van der Waals surface area contributed by atoms with Gasteiger partial charge in [-0.05, 0) is 12.1 Å². The number of phenolic OH excluding ortho intramolecular Hbond substituents is 2. The molecule has 0 aliphatic carbocycles. The minimum absolute atomic E-state index is 0.0443. The average Bonchev–Trinajstić information content (AvgIpc) is 2.79. The first-order chi connectivity index (χ1) is 8.20. The van der Waals surface area contributed by atoms with Crippen molar-refractivity contribution in [3.05, 3.63) is 40.3 Å². The van der Waals surface area contributed by atoms with E-state index in [-0.39, 0.29) is 11.5 Å². The predicted octanol–water partition coefficient (Wildman–Crippen LogP) is 1.98. The van der Waals surface area contributed by atoms with Crippen molar-refractivity contribution in [2.75, 3.05) is 0 Å². The molecule has 2 rings (SSSR count). The molecule has 0 unspecified atom stereocenters. The van der Waals surface area contributed by atoms with Crippen LogP contribution in [-0.4, -0.2) is 26.1 Å². The molecule has 0 radical (unpaired) electrons. The molecule has 0 aliphatic rings. The van der Waals surface area contributed by atoms with Gasteiger partial charge in [0, 0.05) is 23.4 Å². The van der Waals surface area contributed by atoms with Crippen LogP contribution in [0, 0.1) is 0 Å². The SMILES string of the molecule is O/N=C(\Cc1cscn1)c1ccc(O)cc1O. The van der Waals surface area contributed by atoms with Crippen LogP contribution in [-0.2, 0) is 6.42 Å². The summed E-state index contributed by atoms with van der Waals surface area (Å²) < 4.78 is 0. The molecule has 6 heteroatoms. The fraction of sp³-hybridized carbons (Fsp3) is 0.0909. The summed E-state index contributed by atoms with van der Waals surface area (Å²) in [5.74, 6) is -0.176. The van der Waals surface area contributed by atoms with E-state index >= 15 is 0 Å². The van der Waals surface area contributed by atoms with Gasteiger partial charge in [0.1, 0.15) is 11.5 Å². The van der Waals surface area contributed by atoms with E-state index in [0.29, 0.717) is 17.7 Å². The molecule has 2 aromatic rings. The Morgan fingerprint density at radius 2 is 2.18 bits per heavy atom. The highest BCUT2D eigenvalue weighted by atomic mass is 32.1.